The Labute approximate surface area is 205 Å². The second kappa shape index (κ2) is 10.9. The highest BCUT2D eigenvalue weighted by Crippen LogP contribution is 2.44. The minimum atomic E-state index is -0.895. The van der Waals surface area contributed by atoms with Gasteiger partial charge in [-0.3, -0.25) is 9.59 Å². The van der Waals surface area contributed by atoms with Gasteiger partial charge in [0.15, 0.2) is 0 Å². The Morgan fingerprint density at radius 1 is 1.09 bits per heavy atom. The second-order valence-corrected chi connectivity index (χ2v) is 9.30. The molecule has 4 rings (SSSR count). The van der Waals surface area contributed by atoms with E-state index in [9.17, 15) is 14.4 Å². The summed E-state index contributed by atoms with van der Waals surface area (Å²) in [5, 5.41) is 14.6. The number of nitrogens with one attached hydrogen (secondary N) is 2. The number of aliphatic carboxylic acids is 1. The van der Waals surface area contributed by atoms with Crippen LogP contribution in [0.3, 0.4) is 0 Å². The van der Waals surface area contributed by atoms with Gasteiger partial charge >= 0.3 is 12.1 Å². The highest BCUT2D eigenvalue weighted by Gasteiger charge is 2.33. The van der Waals surface area contributed by atoms with Gasteiger partial charge in [0.05, 0.1) is 18.6 Å². The van der Waals surface area contributed by atoms with Crippen molar-refractivity contribution in [3.05, 3.63) is 59.7 Å². The first-order chi connectivity index (χ1) is 16.9. The Balaban J connectivity index is 1.34. The highest BCUT2D eigenvalue weighted by molar-refractivity contribution is 5.86. The van der Waals surface area contributed by atoms with Gasteiger partial charge < -0.3 is 25.2 Å². The molecule has 0 radical (unpaired) electrons. The van der Waals surface area contributed by atoms with E-state index in [1.807, 2.05) is 38.1 Å². The van der Waals surface area contributed by atoms with Gasteiger partial charge in [-0.2, -0.15) is 0 Å². The second-order valence-electron chi connectivity index (χ2n) is 9.30. The minimum Gasteiger partial charge on any atom is -0.481 e. The van der Waals surface area contributed by atoms with Crippen LogP contribution in [-0.2, 0) is 19.1 Å². The average molecular weight is 481 g/mol. The number of fused-ring (bicyclic) bond motifs is 3. The number of hydrogen-bond acceptors (Lipinski definition) is 5. The topological polar surface area (TPSA) is 114 Å². The van der Waals surface area contributed by atoms with Crippen molar-refractivity contribution in [2.45, 2.75) is 44.8 Å². The molecule has 4 atom stereocenters. The molecule has 2 aliphatic rings. The molecule has 0 aromatic heterocycles. The van der Waals surface area contributed by atoms with Gasteiger partial charge in [0.2, 0.25) is 5.91 Å². The van der Waals surface area contributed by atoms with Crippen molar-refractivity contribution in [2.75, 3.05) is 19.8 Å². The zero-order valence-electron chi connectivity index (χ0n) is 20.0. The van der Waals surface area contributed by atoms with Gasteiger partial charge in [0.25, 0.3) is 0 Å². The number of alkyl carbamates (subject to hydrolysis) is 1. The van der Waals surface area contributed by atoms with Crippen molar-refractivity contribution in [1.82, 2.24) is 10.6 Å². The zero-order chi connectivity index (χ0) is 24.9. The Bertz CT molecular complexity index is 1040. The summed E-state index contributed by atoms with van der Waals surface area (Å²) in [5.41, 5.74) is 4.53. The summed E-state index contributed by atoms with van der Waals surface area (Å²) in [6, 6.07) is 15.4. The maximum absolute atomic E-state index is 12.9. The maximum Gasteiger partial charge on any atom is 0.407 e. The Kier molecular flexibility index (Phi) is 7.70. The van der Waals surface area contributed by atoms with Crippen molar-refractivity contribution in [2.24, 2.45) is 11.8 Å². The third-order valence-corrected chi connectivity index (χ3v) is 7.05. The first-order valence-corrected chi connectivity index (χ1v) is 12.1. The zero-order valence-corrected chi connectivity index (χ0v) is 20.0. The van der Waals surface area contributed by atoms with Crippen LogP contribution in [0.15, 0.2) is 48.5 Å². The first kappa shape index (κ1) is 24.7. The highest BCUT2D eigenvalue weighted by atomic mass is 16.5. The average Bonchev–Trinajstić information content (AvgIpc) is 3.47. The molecule has 0 saturated carbocycles. The van der Waals surface area contributed by atoms with Crippen LogP contribution >= 0.6 is 0 Å². The van der Waals surface area contributed by atoms with E-state index >= 15 is 0 Å². The Morgan fingerprint density at radius 2 is 1.71 bits per heavy atom. The molecule has 0 bridgehead atoms. The largest absolute Gasteiger partial charge is 0.481 e. The lowest BCUT2D eigenvalue weighted by atomic mass is 9.98. The van der Waals surface area contributed by atoms with Gasteiger partial charge in [-0.05, 0) is 34.6 Å². The number of amides is 2. The van der Waals surface area contributed by atoms with E-state index in [-0.39, 0.29) is 43.6 Å². The smallest absolute Gasteiger partial charge is 0.407 e. The number of carboxylic acids is 1. The van der Waals surface area contributed by atoms with Crippen LogP contribution in [-0.4, -0.2) is 55.0 Å². The quantitative estimate of drug-likeness (QED) is 0.506. The fourth-order valence-corrected chi connectivity index (χ4v) is 4.81. The molecule has 8 nitrogen and oxygen atoms in total. The summed E-state index contributed by atoms with van der Waals surface area (Å²) in [4.78, 5) is 36.7. The van der Waals surface area contributed by atoms with Gasteiger partial charge in [0, 0.05) is 12.5 Å². The van der Waals surface area contributed by atoms with Crippen LogP contribution in [0.4, 0.5) is 4.79 Å². The van der Waals surface area contributed by atoms with Crippen molar-refractivity contribution in [1.29, 1.82) is 0 Å². The standard InChI is InChI=1S/C27H32N2O6/c1-3-16(2)24(25(30)28-13-18-12-17(14-34-18)26(31)32)29-27(33)35-15-23-21-10-6-4-8-19(21)20-9-5-7-11-22(20)23/h4-11,16-18,23-24H,3,12-15H2,1-2H3,(H,28,30)(H,29,33)(H,31,32). The number of carboxylic acid groups (broad SMARTS) is 1. The summed E-state index contributed by atoms with van der Waals surface area (Å²) >= 11 is 0. The molecule has 3 N–H and O–H groups in total. The molecule has 1 fully saturated rings. The number of ether oxygens (including phenoxy) is 2. The lowest BCUT2D eigenvalue weighted by Gasteiger charge is -2.24. The number of benzene rings is 2. The summed E-state index contributed by atoms with van der Waals surface area (Å²) in [5.74, 6) is -1.97. The van der Waals surface area contributed by atoms with Gasteiger partial charge in [-0.25, -0.2) is 4.79 Å². The van der Waals surface area contributed by atoms with Crippen molar-refractivity contribution in [3.8, 4) is 11.1 Å². The van der Waals surface area contributed by atoms with E-state index in [1.54, 1.807) is 0 Å². The Hall–Kier alpha value is -3.39. The molecule has 186 valence electrons. The summed E-state index contributed by atoms with van der Waals surface area (Å²) in [6.07, 6.45) is 0.0362. The lowest BCUT2D eigenvalue weighted by molar-refractivity contribution is -0.141. The molecule has 1 saturated heterocycles. The summed E-state index contributed by atoms with van der Waals surface area (Å²) in [6.45, 7) is 4.34. The normalized spacial score (nSPS) is 20.4. The van der Waals surface area contributed by atoms with Crippen LogP contribution in [0.2, 0.25) is 0 Å². The number of carbonyl (C=O) groups is 3. The van der Waals surface area contributed by atoms with Crippen molar-refractivity contribution in [3.63, 3.8) is 0 Å². The number of rotatable bonds is 9. The Morgan fingerprint density at radius 3 is 2.29 bits per heavy atom. The molecule has 1 heterocycles. The van der Waals surface area contributed by atoms with Gasteiger partial charge in [-0.15, -0.1) is 0 Å². The third-order valence-electron chi connectivity index (χ3n) is 7.05. The summed E-state index contributed by atoms with van der Waals surface area (Å²) in [7, 11) is 0. The predicted octanol–water partition coefficient (Wildman–Crippen LogP) is 3.55. The molecule has 2 aromatic rings. The molecular formula is C27H32N2O6. The van der Waals surface area contributed by atoms with Crippen LogP contribution in [0, 0.1) is 11.8 Å². The van der Waals surface area contributed by atoms with Crippen LogP contribution < -0.4 is 10.6 Å². The van der Waals surface area contributed by atoms with E-state index in [0.717, 1.165) is 22.3 Å². The van der Waals surface area contributed by atoms with Crippen molar-refractivity contribution >= 4 is 18.0 Å². The summed E-state index contributed by atoms with van der Waals surface area (Å²) < 4.78 is 11.1. The molecule has 8 heteroatoms. The lowest BCUT2D eigenvalue weighted by Crippen LogP contribution is -2.51. The van der Waals surface area contributed by atoms with Crippen LogP contribution in [0.1, 0.15) is 43.7 Å². The van der Waals surface area contributed by atoms with E-state index in [1.165, 1.54) is 0 Å². The van der Waals surface area contributed by atoms with Gasteiger partial charge in [0.1, 0.15) is 12.6 Å². The fraction of sp³-hybridized carbons (Fsp3) is 0.444. The predicted molar refractivity (Wildman–Crippen MR) is 130 cm³/mol. The molecule has 0 spiro atoms. The van der Waals surface area contributed by atoms with Gasteiger partial charge in [-0.1, -0.05) is 68.8 Å². The molecule has 2 amide bonds. The monoisotopic (exact) mass is 480 g/mol. The maximum atomic E-state index is 12.9. The van der Waals surface area contributed by atoms with E-state index in [4.69, 9.17) is 14.6 Å². The molecule has 4 unspecified atom stereocenters. The van der Waals surface area contributed by atoms with E-state index in [0.29, 0.717) is 12.8 Å². The van der Waals surface area contributed by atoms with E-state index < -0.39 is 24.0 Å². The molecule has 1 aliphatic carbocycles. The number of hydrogen-bond donors (Lipinski definition) is 3. The first-order valence-electron chi connectivity index (χ1n) is 12.1. The van der Waals surface area contributed by atoms with Crippen LogP contribution in [0.5, 0.6) is 0 Å². The fourth-order valence-electron chi connectivity index (χ4n) is 4.81. The van der Waals surface area contributed by atoms with Crippen LogP contribution in [0.25, 0.3) is 11.1 Å². The molecule has 35 heavy (non-hydrogen) atoms. The molecule has 2 aromatic carbocycles. The molecule has 1 aliphatic heterocycles. The SMILES string of the molecule is CCC(C)C(NC(=O)OCC1c2ccccc2-c2ccccc21)C(=O)NCC1CC(C(=O)O)CO1. The number of carbonyl (C=O) groups excluding carboxylic acids is 2. The third kappa shape index (κ3) is 5.48. The minimum absolute atomic E-state index is 0.0641. The van der Waals surface area contributed by atoms with Crippen molar-refractivity contribution < 1.29 is 29.0 Å². The molecular weight excluding hydrogens is 448 g/mol. The van der Waals surface area contributed by atoms with E-state index in [2.05, 4.69) is 34.9 Å².